The first kappa shape index (κ1) is 18.3. The van der Waals surface area contributed by atoms with Gasteiger partial charge in [-0.05, 0) is 37.1 Å². The number of rotatable bonds is 5. The number of hydrogen-bond acceptors (Lipinski definition) is 7. The van der Waals surface area contributed by atoms with Gasteiger partial charge in [0, 0.05) is 13.2 Å². The van der Waals surface area contributed by atoms with Crippen LogP contribution >= 0.6 is 0 Å². The highest BCUT2D eigenvalue weighted by molar-refractivity contribution is 6.10. The highest BCUT2D eigenvalue weighted by Gasteiger charge is 2.25. The van der Waals surface area contributed by atoms with Gasteiger partial charge in [0.15, 0.2) is 5.65 Å². The van der Waals surface area contributed by atoms with Crippen LogP contribution in [0.1, 0.15) is 29.0 Å². The molecule has 1 atom stereocenters. The van der Waals surface area contributed by atoms with Crippen LogP contribution in [0.4, 0.5) is 5.82 Å². The van der Waals surface area contributed by atoms with Gasteiger partial charge in [-0.1, -0.05) is 12.1 Å². The highest BCUT2D eigenvalue weighted by Crippen LogP contribution is 2.28. The van der Waals surface area contributed by atoms with Crippen molar-refractivity contribution in [2.24, 2.45) is 5.10 Å². The van der Waals surface area contributed by atoms with E-state index in [-0.39, 0.29) is 23.4 Å². The normalized spacial score (nSPS) is 16.7. The fourth-order valence-corrected chi connectivity index (χ4v) is 3.57. The molecule has 0 saturated carbocycles. The third-order valence-corrected chi connectivity index (χ3v) is 5.06. The standard InChI is InChI=1S/C21H20N6O3/c22-19-17(21(28)23-11-13-5-3-9-29-13)18-20(26-16-8-2-1-7-15(16)25-18)27(19)24-12-14-6-4-10-30-14/h1-2,4,6-8,10,12-13H,3,5,9,11,22H2,(H,23,28)/b24-12+. The number of amides is 1. The second kappa shape index (κ2) is 7.60. The molecule has 0 spiro atoms. The number of furan rings is 1. The zero-order valence-electron chi connectivity index (χ0n) is 16.1. The third kappa shape index (κ3) is 3.29. The van der Waals surface area contributed by atoms with Crippen molar-refractivity contribution >= 4 is 40.1 Å². The molecular formula is C21H20N6O3. The quantitative estimate of drug-likeness (QED) is 0.493. The summed E-state index contributed by atoms with van der Waals surface area (Å²) in [4.78, 5) is 22.3. The number of nitrogens with one attached hydrogen (secondary N) is 1. The monoisotopic (exact) mass is 404 g/mol. The number of carbonyl (C=O) groups excluding carboxylic acids is 1. The third-order valence-electron chi connectivity index (χ3n) is 5.06. The summed E-state index contributed by atoms with van der Waals surface area (Å²) in [6, 6.07) is 11.0. The zero-order chi connectivity index (χ0) is 20.5. The molecule has 1 aliphatic heterocycles. The van der Waals surface area contributed by atoms with E-state index in [0.717, 1.165) is 19.4 Å². The predicted octanol–water partition coefficient (Wildman–Crippen LogP) is 2.55. The fraction of sp³-hybridized carbons (Fsp3) is 0.238. The minimum absolute atomic E-state index is 0.0208. The van der Waals surface area contributed by atoms with Gasteiger partial charge in [-0.2, -0.15) is 9.78 Å². The van der Waals surface area contributed by atoms with Crippen LogP contribution in [0.2, 0.25) is 0 Å². The molecule has 30 heavy (non-hydrogen) atoms. The van der Waals surface area contributed by atoms with Crippen molar-refractivity contribution in [3.8, 4) is 0 Å². The number of para-hydroxylation sites is 2. The summed E-state index contributed by atoms with van der Waals surface area (Å²) in [5.74, 6) is 0.381. The number of nitrogens with two attached hydrogens (primary N) is 1. The second-order valence-electron chi connectivity index (χ2n) is 7.06. The summed E-state index contributed by atoms with van der Waals surface area (Å²) < 4.78 is 12.3. The number of aromatic nitrogens is 3. The molecule has 5 rings (SSSR count). The van der Waals surface area contributed by atoms with Crippen LogP contribution in [0, 0.1) is 0 Å². The Balaban J connectivity index is 1.60. The zero-order valence-corrected chi connectivity index (χ0v) is 16.1. The van der Waals surface area contributed by atoms with Gasteiger partial charge in [0.25, 0.3) is 5.91 Å². The van der Waals surface area contributed by atoms with Crippen LogP contribution in [0.3, 0.4) is 0 Å². The molecular weight excluding hydrogens is 384 g/mol. The molecule has 1 amide bonds. The first-order valence-electron chi connectivity index (χ1n) is 9.75. The van der Waals surface area contributed by atoms with E-state index in [0.29, 0.717) is 34.5 Å². The van der Waals surface area contributed by atoms with E-state index in [1.165, 1.54) is 10.9 Å². The van der Waals surface area contributed by atoms with Crippen LogP contribution in [0.5, 0.6) is 0 Å². The predicted molar refractivity (Wildman–Crippen MR) is 112 cm³/mol. The van der Waals surface area contributed by atoms with Crippen LogP contribution in [-0.2, 0) is 4.74 Å². The lowest BCUT2D eigenvalue weighted by Crippen LogP contribution is -2.32. The van der Waals surface area contributed by atoms with Crippen LogP contribution in [0.15, 0.2) is 52.2 Å². The summed E-state index contributed by atoms with van der Waals surface area (Å²) in [6.07, 6.45) is 5.01. The Labute approximate surface area is 171 Å². The molecule has 0 radical (unpaired) electrons. The summed E-state index contributed by atoms with van der Waals surface area (Å²) in [6.45, 7) is 1.14. The van der Waals surface area contributed by atoms with Crippen molar-refractivity contribution in [2.75, 3.05) is 18.9 Å². The van der Waals surface area contributed by atoms with Gasteiger partial charge in [0.2, 0.25) is 0 Å². The van der Waals surface area contributed by atoms with Crippen molar-refractivity contribution < 1.29 is 13.9 Å². The first-order chi connectivity index (χ1) is 14.7. The number of nitrogens with zero attached hydrogens (tertiary/aromatic N) is 4. The largest absolute Gasteiger partial charge is 0.463 e. The summed E-state index contributed by atoms with van der Waals surface area (Å²) >= 11 is 0. The van der Waals surface area contributed by atoms with Crippen molar-refractivity contribution in [1.29, 1.82) is 0 Å². The van der Waals surface area contributed by atoms with Gasteiger partial charge in [-0.15, -0.1) is 0 Å². The maximum Gasteiger partial charge on any atom is 0.257 e. The Hall–Kier alpha value is -3.72. The lowest BCUT2D eigenvalue weighted by atomic mass is 10.2. The van der Waals surface area contributed by atoms with E-state index in [4.69, 9.17) is 14.9 Å². The van der Waals surface area contributed by atoms with Gasteiger partial charge in [0.05, 0.1) is 29.6 Å². The lowest BCUT2D eigenvalue weighted by Gasteiger charge is -2.10. The maximum atomic E-state index is 13.0. The second-order valence-corrected chi connectivity index (χ2v) is 7.06. The summed E-state index contributed by atoms with van der Waals surface area (Å²) in [5.41, 5.74) is 8.75. The Bertz CT molecular complexity index is 1240. The SMILES string of the molecule is Nc1c(C(=O)NCC2CCCO2)c2nc3ccccc3nc2n1/N=C/c1ccco1. The highest BCUT2D eigenvalue weighted by atomic mass is 16.5. The molecule has 3 N–H and O–H groups in total. The fourth-order valence-electron chi connectivity index (χ4n) is 3.57. The Kier molecular flexibility index (Phi) is 4.64. The number of ether oxygens (including phenoxy) is 1. The number of nitrogen functional groups attached to an aromatic ring is 1. The molecule has 1 aromatic carbocycles. The Morgan fingerprint density at radius 3 is 2.83 bits per heavy atom. The van der Waals surface area contributed by atoms with Gasteiger partial charge >= 0.3 is 0 Å². The molecule has 9 nitrogen and oxygen atoms in total. The lowest BCUT2D eigenvalue weighted by molar-refractivity contribution is 0.0859. The maximum absolute atomic E-state index is 13.0. The van der Waals surface area contributed by atoms with E-state index in [9.17, 15) is 4.79 Å². The molecule has 1 fully saturated rings. The number of anilines is 1. The number of hydrogen-bond donors (Lipinski definition) is 2. The van der Waals surface area contributed by atoms with E-state index < -0.39 is 0 Å². The van der Waals surface area contributed by atoms with Gasteiger partial charge in [-0.25, -0.2) is 9.97 Å². The summed E-state index contributed by atoms with van der Waals surface area (Å²) in [5, 5.41) is 7.30. The minimum Gasteiger partial charge on any atom is -0.463 e. The smallest absolute Gasteiger partial charge is 0.257 e. The first-order valence-corrected chi connectivity index (χ1v) is 9.75. The molecule has 1 saturated heterocycles. The molecule has 3 aromatic heterocycles. The van der Waals surface area contributed by atoms with Crippen LogP contribution in [-0.4, -0.2) is 46.0 Å². The van der Waals surface area contributed by atoms with E-state index in [1.54, 1.807) is 18.4 Å². The molecule has 1 aliphatic rings. The van der Waals surface area contributed by atoms with Crippen LogP contribution in [0.25, 0.3) is 22.2 Å². The molecule has 4 aromatic rings. The number of carbonyl (C=O) groups is 1. The molecule has 4 heterocycles. The Morgan fingerprint density at radius 2 is 2.10 bits per heavy atom. The van der Waals surface area contributed by atoms with Crippen molar-refractivity contribution in [3.63, 3.8) is 0 Å². The van der Waals surface area contributed by atoms with Crippen molar-refractivity contribution in [3.05, 3.63) is 54.0 Å². The molecule has 1 unspecified atom stereocenters. The Morgan fingerprint density at radius 1 is 1.27 bits per heavy atom. The average Bonchev–Trinajstić information content (AvgIpc) is 3.50. The molecule has 152 valence electrons. The van der Waals surface area contributed by atoms with E-state index >= 15 is 0 Å². The minimum atomic E-state index is -0.329. The van der Waals surface area contributed by atoms with Gasteiger partial charge in [0.1, 0.15) is 22.7 Å². The number of benzene rings is 1. The molecule has 9 heteroatoms. The summed E-state index contributed by atoms with van der Waals surface area (Å²) in [7, 11) is 0. The van der Waals surface area contributed by atoms with Crippen molar-refractivity contribution in [2.45, 2.75) is 18.9 Å². The molecule has 0 aliphatic carbocycles. The average molecular weight is 404 g/mol. The van der Waals surface area contributed by atoms with E-state index in [2.05, 4.69) is 20.4 Å². The van der Waals surface area contributed by atoms with Crippen molar-refractivity contribution in [1.82, 2.24) is 20.0 Å². The number of fused-ring (bicyclic) bond motifs is 2. The van der Waals surface area contributed by atoms with Gasteiger partial charge in [-0.3, -0.25) is 4.79 Å². The van der Waals surface area contributed by atoms with E-state index in [1.807, 2.05) is 24.3 Å². The molecule has 0 bridgehead atoms. The van der Waals surface area contributed by atoms with Crippen LogP contribution < -0.4 is 11.1 Å². The van der Waals surface area contributed by atoms with Gasteiger partial charge < -0.3 is 20.2 Å². The topological polar surface area (TPSA) is 121 Å².